The molecule has 0 fully saturated rings. The van der Waals surface area contributed by atoms with Gasteiger partial charge in [-0.05, 0) is 29.8 Å². The summed E-state index contributed by atoms with van der Waals surface area (Å²) in [6, 6.07) is 11.4. The van der Waals surface area contributed by atoms with Gasteiger partial charge in [-0.2, -0.15) is 0 Å². The number of carbonyl (C=O) groups is 2. The summed E-state index contributed by atoms with van der Waals surface area (Å²) in [6.45, 7) is 5.15. The van der Waals surface area contributed by atoms with Crippen LogP contribution in [0.15, 0.2) is 59.9 Å². The minimum Gasteiger partial charge on any atom is -0.503 e. The van der Waals surface area contributed by atoms with E-state index in [2.05, 4.69) is 0 Å². The lowest BCUT2D eigenvalue weighted by atomic mass is 9.82. The molecular weight excluding hydrogens is 361 g/mol. The van der Waals surface area contributed by atoms with Gasteiger partial charge in [-0.15, -0.1) is 0 Å². The zero-order valence-electron chi connectivity index (χ0n) is 16.2. The molecule has 3 rings (SSSR count). The topological polar surface area (TPSA) is 66.8 Å². The molecule has 1 amide bonds. The summed E-state index contributed by atoms with van der Waals surface area (Å²) in [4.78, 5) is 27.4. The number of hydrogen-bond donors (Lipinski definition) is 1. The van der Waals surface area contributed by atoms with Crippen molar-refractivity contribution in [3.05, 3.63) is 71.2 Å². The fourth-order valence-electron chi connectivity index (χ4n) is 3.23. The van der Waals surface area contributed by atoms with Crippen LogP contribution in [-0.2, 0) is 9.59 Å². The van der Waals surface area contributed by atoms with Crippen molar-refractivity contribution >= 4 is 17.4 Å². The molecule has 6 heteroatoms. The summed E-state index contributed by atoms with van der Waals surface area (Å²) in [7, 11) is 1.51. The minimum atomic E-state index is -0.869. The van der Waals surface area contributed by atoms with E-state index in [-0.39, 0.29) is 11.4 Å². The number of ketones is 1. The second-order valence-electron chi connectivity index (χ2n) is 7.67. The lowest BCUT2D eigenvalue weighted by Crippen LogP contribution is -2.32. The predicted molar refractivity (Wildman–Crippen MR) is 104 cm³/mol. The highest BCUT2D eigenvalue weighted by Gasteiger charge is 2.46. The summed E-state index contributed by atoms with van der Waals surface area (Å²) >= 11 is 0. The molecule has 0 aromatic heterocycles. The number of halogens is 1. The largest absolute Gasteiger partial charge is 0.503 e. The molecule has 0 radical (unpaired) electrons. The fourth-order valence-corrected chi connectivity index (χ4v) is 3.23. The Hall–Kier alpha value is -3.15. The molecule has 1 aliphatic rings. The second kappa shape index (κ2) is 7.11. The van der Waals surface area contributed by atoms with Crippen LogP contribution in [-0.4, -0.2) is 23.9 Å². The molecule has 0 spiro atoms. The van der Waals surface area contributed by atoms with Crippen LogP contribution in [0, 0.1) is 11.2 Å². The van der Waals surface area contributed by atoms with E-state index in [1.54, 1.807) is 45.0 Å². The number of benzene rings is 2. The van der Waals surface area contributed by atoms with Gasteiger partial charge in [-0.1, -0.05) is 39.0 Å². The molecule has 1 aliphatic heterocycles. The first-order valence-electron chi connectivity index (χ1n) is 8.86. The normalized spacial score (nSPS) is 17.2. The van der Waals surface area contributed by atoms with Crippen LogP contribution in [0.5, 0.6) is 5.75 Å². The van der Waals surface area contributed by atoms with Gasteiger partial charge in [-0.3, -0.25) is 14.5 Å². The Balaban J connectivity index is 2.20. The first-order valence-corrected chi connectivity index (χ1v) is 8.86. The Labute approximate surface area is 163 Å². The van der Waals surface area contributed by atoms with Gasteiger partial charge in [0.2, 0.25) is 0 Å². The van der Waals surface area contributed by atoms with Crippen LogP contribution >= 0.6 is 0 Å². The molecule has 1 atom stereocenters. The van der Waals surface area contributed by atoms with Gasteiger partial charge in [0.25, 0.3) is 5.91 Å². The smallest absolute Gasteiger partial charge is 0.294 e. The summed E-state index contributed by atoms with van der Waals surface area (Å²) in [5, 5.41) is 10.6. The Kier molecular flexibility index (Phi) is 4.98. The maximum atomic E-state index is 13.5. The average Bonchev–Trinajstić information content (AvgIpc) is 2.92. The lowest BCUT2D eigenvalue weighted by molar-refractivity contribution is -0.123. The van der Waals surface area contributed by atoms with Crippen molar-refractivity contribution in [1.82, 2.24) is 0 Å². The van der Waals surface area contributed by atoms with Crippen LogP contribution in [0.1, 0.15) is 32.4 Å². The predicted octanol–water partition coefficient (Wildman–Crippen LogP) is 4.35. The maximum Gasteiger partial charge on any atom is 0.294 e. The number of methoxy groups -OCH3 is 1. The number of carbonyl (C=O) groups excluding carboxylic acids is 2. The van der Waals surface area contributed by atoms with Gasteiger partial charge in [0, 0.05) is 17.2 Å². The van der Waals surface area contributed by atoms with Gasteiger partial charge in [-0.25, -0.2) is 4.39 Å². The van der Waals surface area contributed by atoms with Gasteiger partial charge >= 0.3 is 0 Å². The van der Waals surface area contributed by atoms with E-state index in [0.717, 1.165) is 0 Å². The van der Waals surface area contributed by atoms with Crippen LogP contribution in [0.3, 0.4) is 0 Å². The number of hydrogen-bond acceptors (Lipinski definition) is 4. The Bertz CT molecular complexity index is 957. The average molecular weight is 383 g/mol. The quantitative estimate of drug-likeness (QED) is 0.852. The van der Waals surface area contributed by atoms with Crippen molar-refractivity contribution in [2.24, 2.45) is 5.41 Å². The van der Waals surface area contributed by atoms with Crippen molar-refractivity contribution in [3.8, 4) is 5.75 Å². The van der Waals surface area contributed by atoms with E-state index in [9.17, 15) is 19.1 Å². The third-order valence-electron chi connectivity index (χ3n) is 4.65. The molecule has 2 aromatic carbocycles. The second-order valence-corrected chi connectivity index (χ2v) is 7.67. The van der Waals surface area contributed by atoms with Gasteiger partial charge in [0.1, 0.15) is 11.6 Å². The molecule has 146 valence electrons. The Morgan fingerprint density at radius 2 is 1.79 bits per heavy atom. The molecule has 0 saturated carbocycles. The molecule has 1 N–H and O–H groups in total. The van der Waals surface area contributed by atoms with Crippen molar-refractivity contribution < 1.29 is 23.8 Å². The first-order chi connectivity index (χ1) is 13.1. The fraction of sp³-hybridized carbons (Fsp3) is 0.273. The highest BCUT2D eigenvalue weighted by molar-refractivity contribution is 6.17. The van der Waals surface area contributed by atoms with E-state index in [0.29, 0.717) is 17.0 Å². The van der Waals surface area contributed by atoms with E-state index in [4.69, 9.17) is 4.74 Å². The lowest BCUT2D eigenvalue weighted by Gasteiger charge is -2.29. The summed E-state index contributed by atoms with van der Waals surface area (Å²) in [6.07, 6.45) is 0. The third-order valence-corrected chi connectivity index (χ3v) is 4.65. The number of anilines is 1. The number of amides is 1. The highest BCUT2D eigenvalue weighted by Crippen LogP contribution is 2.43. The third kappa shape index (κ3) is 3.38. The molecule has 1 heterocycles. The molecular formula is C22H22FNO4. The van der Waals surface area contributed by atoms with Gasteiger partial charge in [0.15, 0.2) is 11.5 Å². The van der Waals surface area contributed by atoms with Crippen LogP contribution in [0.25, 0.3) is 0 Å². The van der Waals surface area contributed by atoms with Crippen LogP contribution < -0.4 is 9.64 Å². The number of Topliss-reactive ketones (excluding diaryl/α,β-unsaturated/α-hetero) is 1. The van der Waals surface area contributed by atoms with E-state index >= 15 is 0 Å². The van der Waals surface area contributed by atoms with Gasteiger partial charge in [0.05, 0.1) is 18.7 Å². The molecule has 5 nitrogen and oxygen atoms in total. The number of aliphatic hydroxyl groups is 1. The number of aliphatic hydroxyl groups excluding tert-OH is 1. The standard InChI is InChI=1S/C22H22FNO4/c1-22(2,3)20(26)17-18(13-8-10-14(23)11-9-13)24(21(27)19(17)25)15-6-5-7-16(12-15)28-4/h5-12,18,25H,1-4H3. The van der Waals surface area contributed by atoms with E-state index in [1.807, 2.05) is 0 Å². The number of nitrogens with zero attached hydrogens (tertiary/aromatic N) is 1. The molecule has 0 saturated heterocycles. The minimum absolute atomic E-state index is 0.00641. The Morgan fingerprint density at radius 3 is 2.36 bits per heavy atom. The van der Waals surface area contributed by atoms with Crippen LogP contribution in [0.2, 0.25) is 0 Å². The zero-order valence-corrected chi connectivity index (χ0v) is 16.2. The number of ether oxygens (including phenoxy) is 1. The summed E-state index contributed by atoms with van der Waals surface area (Å²) in [5.41, 5.74) is 0.176. The molecule has 28 heavy (non-hydrogen) atoms. The zero-order chi connectivity index (χ0) is 20.6. The molecule has 1 unspecified atom stereocenters. The molecule has 0 bridgehead atoms. The number of rotatable bonds is 4. The van der Waals surface area contributed by atoms with Crippen molar-refractivity contribution in [3.63, 3.8) is 0 Å². The molecule has 2 aromatic rings. The highest BCUT2D eigenvalue weighted by atomic mass is 19.1. The maximum absolute atomic E-state index is 13.5. The SMILES string of the molecule is COc1cccc(N2C(=O)C(O)=C(C(=O)C(C)(C)C)C2c2ccc(F)cc2)c1. The van der Waals surface area contributed by atoms with Crippen molar-refractivity contribution in [2.75, 3.05) is 12.0 Å². The Morgan fingerprint density at radius 1 is 1.14 bits per heavy atom. The summed E-state index contributed by atoms with van der Waals surface area (Å²) < 4.78 is 18.7. The monoisotopic (exact) mass is 383 g/mol. The van der Waals surface area contributed by atoms with Crippen molar-refractivity contribution in [1.29, 1.82) is 0 Å². The van der Waals surface area contributed by atoms with E-state index in [1.165, 1.54) is 36.3 Å². The van der Waals surface area contributed by atoms with Crippen LogP contribution in [0.4, 0.5) is 10.1 Å². The van der Waals surface area contributed by atoms with Crippen molar-refractivity contribution in [2.45, 2.75) is 26.8 Å². The van der Waals surface area contributed by atoms with E-state index < -0.39 is 28.9 Å². The first kappa shape index (κ1) is 19.6. The molecule has 0 aliphatic carbocycles. The summed E-state index contributed by atoms with van der Waals surface area (Å²) in [5.74, 6) is -1.53. The van der Waals surface area contributed by atoms with Gasteiger partial charge < -0.3 is 9.84 Å².